The molecule has 204 valence electrons. The molecule has 2 aromatic rings. The average Bonchev–Trinajstić information content (AvgIpc) is 3.13. The van der Waals surface area contributed by atoms with Crippen LogP contribution >= 0.6 is 0 Å². The average molecular weight is 533 g/mol. The molecule has 1 amide bonds. The molecule has 0 spiro atoms. The summed E-state index contributed by atoms with van der Waals surface area (Å²) >= 11 is 0. The highest BCUT2D eigenvalue weighted by Crippen LogP contribution is 2.31. The molecular weight excluding hydrogens is 503 g/mol. The summed E-state index contributed by atoms with van der Waals surface area (Å²) < 4.78 is 81.6. The van der Waals surface area contributed by atoms with Gasteiger partial charge in [-0.1, -0.05) is 0 Å². The molecular formula is C24H29F5N4O4. The zero-order valence-corrected chi connectivity index (χ0v) is 21.2. The van der Waals surface area contributed by atoms with Crippen LogP contribution < -0.4 is 15.0 Å². The number of nitrogens with one attached hydrogen (secondary N) is 1. The normalized spacial score (nSPS) is 18.0. The highest BCUT2D eigenvalue weighted by atomic mass is 19.4. The highest BCUT2D eigenvalue weighted by molar-refractivity contribution is 5.89. The van der Waals surface area contributed by atoms with Crippen molar-refractivity contribution in [1.29, 1.82) is 0 Å². The van der Waals surface area contributed by atoms with Crippen LogP contribution in [0.25, 0.3) is 0 Å². The molecule has 2 heterocycles. The van der Waals surface area contributed by atoms with E-state index in [9.17, 15) is 26.7 Å². The van der Waals surface area contributed by atoms with Gasteiger partial charge in [-0.25, -0.2) is 18.6 Å². The van der Waals surface area contributed by atoms with Gasteiger partial charge < -0.3 is 19.5 Å². The van der Waals surface area contributed by atoms with E-state index in [2.05, 4.69) is 20.0 Å². The van der Waals surface area contributed by atoms with E-state index in [-0.39, 0.29) is 23.9 Å². The maximum absolute atomic E-state index is 14.6. The van der Waals surface area contributed by atoms with Crippen molar-refractivity contribution in [2.24, 2.45) is 0 Å². The Bertz CT molecular complexity index is 1140. The van der Waals surface area contributed by atoms with E-state index >= 15 is 0 Å². The summed E-state index contributed by atoms with van der Waals surface area (Å²) in [4.78, 5) is 22.5. The van der Waals surface area contributed by atoms with E-state index in [1.165, 1.54) is 11.8 Å². The molecule has 1 aromatic carbocycles. The predicted molar refractivity (Wildman–Crippen MR) is 125 cm³/mol. The van der Waals surface area contributed by atoms with Crippen molar-refractivity contribution in [3.63, 3.8) is 0 Å². The van der Waals surface area contributed by atoms with Crippen LogP contribution in [0.15, 0.2) is 18.2 Å². The number of rotatable bonds is 8. The number of aromatic nitrogens is 2. The van der Waals surface area contributed by atoms with Gasteiger partial charge in [0.2, 0.25) is 5.95 Å². The Labute approximate surface area is 211 Å². The number of hydrogen-bond acceptors (Lipinski definition) is 7. The number of anilines is 2. The van der Waals surface area contributed by atoms with E-state index < -0.39 is 60.0 Å². The van der Waals surface area contributed by atoms with Gasteiger partial charge in [0.25, 0.3) is 0 Å². The molecule has 1 aliphatic rings. The number of alkyl halides is 3. The lowest BCUT2D eigenvalue weighted by molar-refractivity contribution is -0.153. The van der Waals surface area contributed by atoms with Crippen LogP contribution in [0.3, 0.4) is 0 Å². The summed E-state index contributed by atoms with van der Waals surface area (Å²) in [5.74, 6) is -2.76. The van der Waals surface area contributed by atoms with Crippen LogP contribution in [-0.4, -0.2) is 53.2 Å². The minimum absolute atomic E-state index is 0.0162. The quantitative estimate of drug-likeness (QED) is 0.436. The van der Waals surface area contributed by atoms with Gasteiger partial charge in [-0.3, -0.25) is 4.90 Å². The third-order valence-corrected chi connectivity index (χ3v) is 5.33. The Morgan fingerprint density at radius 3 is 2.43 bits per heavy atom. The minimum Gasteiger partial charge on any atom is -0.481 e. The first-order valence-corrected chi connectivity index (χ1v) is 11.5. The first kappa shape index (κ1) is 28.4. The number of nitrogens with zero attached hydrogens (tertiary/aromatic N) is 3. The smallest absolute Gasteiger partial charge is 0.422 e. The van der Waals surface area contributed by atoms with Crippen molar-refractivity contribution in [3.8, 4) is 5.75 Å². The van der Waals surface area contributed by atoms with Gasteiger partial charge in [0.1, 0.15) is 24.3 Å². The number of hydrogen-bond donors (Lipinski definition) is 1. The van der Waals surface area contributed by atoms with E-state index in [0.717, 1.165) is 6.07 Å². The topological polar surface area (TPSA) is 85.8 Å². The van der Waals surface area contributed by atoms with Crippen LogP contribution in [0.1, 0.15) is 51.9 Å². The Hall–Kier alpha value is -3.22. The van der Waals surface area contributed by atoms with E-state index in [1.807, 2.05) is 27.7 Å². The Balaban J connectivity index is 1.83. The van der Waals surface area contributed by atoms with Crippen molar-refractivity contribution in [1.82, 2.24) is 9.97 Å². The lowest BCUT2D eigenvalue weighted by atomic mass is 10.1. The molecule has 13 heteroatoms. The highest BCUT2D eigenvalue weighted by Gasteiger charge is 2.40. The third-order valence-electron chi connectivity index (χ3n) is 5.33. The summed E-state index contributed by atoms with van der Waals surface area (Å²) in [6.45, 7) is 8.98. The van der Waals surface area contributed by atoms with Crippen LogP contribution in [0.5, 0.6) is 5.75 Å². The molecule has 0 aliphatic carbocycles. The maximum atomic E-state index is 14.6. The van der Waals surface area contributed by atoms with Gasteiger partial charge in [-0.2, -0.15) is 18.2 Å². The molecule has 0 saturated carbocycles. The number of amides is 1. The number of carbonyl (C=O) groups is 1. The van der Waals surface area contributed by atoms with Gasteiger partial charge >= 0.3 is 12.3 Å². The van der Waals surface area contributed by atoms with Crippen LogP contribution in [0, 0.1) is 18.6 Å². The molecule has 1 aromatic heterocycles. The number of cyclic esters (lactones) is 1. The number of halogens is 5. The molecule has 8 nitrogen and oxygen atoms in total. The predicted octanol–water partition coefficient (Wildman–Crippen LogP) is 5.71. The number of ether oxygens (including phenoxy) is 3. The number of benzene rings is 1. The van der Waals surface area contributed by atoms with Gasteiger partial charge in [-0.15, -0.1) is 0 Å². The lowest BCUT2D eigenvalue weighted by Crippen LogP contribution is -2.45. The van der Waals surface area contributed by atoms with Gasteiger partial charge in [0.05, 0.1) is 17.7 Å². The lowest BCUT2D eigenvalue weighted by Gasteiger charge is -2.31. The van der Waals surface area contributed by atoms with Crippen LogP contribution in [0.2, 0.25) is 0 Å². The summed E-state index contributed by atoms with van der Waals surface area (Å²) in [5.41, 5.74) is -0.174. The van der Waals surface area contributed by atoms with E-state index in [0.29, 0.717) is 11.8 Å². The van der Waals surface area contributed by atoms with Crippen molar-refractivity contribution in [2.75, 3.05) is 23.4 Å². The first-order chi connectivity index (χ1) is 17.0. The molecule has 1 aliphatic heterocycles. The molecule has 37 heavy (non-hydrogen) atoms. The molecule has 1 fully saturated rings. The third kappa shape index (κ3) is 7.40. The minimum atomic E-state index is -4.70. The van der Waals surface area contributed by atoms with Gasteiger partial charge in [-0.05, 0) is 47.6 Å². The largest absolute Gasteiger partial charge is 0.481 e. The van der Waals surface area contributed by atoms with Gasteiger partial charge in [0.15, 0.2) is 18.2 Å². The standard InChI is InChI=1S/C24H29F5N4O4/c1-12-7-20(33-18(10-35-22(33)34)14(3)37-23(4,5)6)32-21(30-12)31-13(2)15-8-17(26)19(9-16(15)25)36-11-24(27,28)29/h7-9,13-14,18H,10-11H2,1-6H3,(H,30,31,32)/t13-,14+,18?/m0/s1. The van der Waals surface area contributed by atoms with Crippen LogP contribution in [0.4, 0.5) is 38.5 Å². The fourth-order valence-corrected chi connectivity index (χ4v) is 3.84. The summed E-state index contributed by atoms with van der Waals surface area (Å²) in [5, 5.41) is 2.84. The molecule has 0 radical (unpaired) electrons. The molecule has 1 saturated heterocycles. The van der Waals surface area contributed by atoms with E-state index in [1.54, 1.807) is 13.0 Å². The van der Waals surface area contributed by atoms with Crippen LogP contribution in [-0.2, 0) is 9.47 Å². The summed E-state index contributed by atoms with van der Waals surface area (Å²) in [7, 11) is 0. The Kier molecular flexibility index (Phi) is 8.15. The maximum Gasteiger partial charge on any atom is 0.422 e. The van der Waals surface area contributed by atoms with Gasteiger partial charge in [0, 0.05) is 23.4 Å². The fraction of sp³-hybridized carbons (Fsp3) is 0.542. The molecule has 1 unspecified atom stereocenters. The SMILES string of the molecule is Cc1cc(N2C(=O)OCC2[C@@H](C)OC(C)(C)C)nc(N[C@@H](C)c2cc(F)c(OCC(F)(F)F)cc2F)n1. The first-order valence-electron chi connectivity index (χ1n) is 11.5. The van der Waals surface area contributed by atoms with Crippen molar-refractivity contribution in [3.05, 3.63) is 41.1 Å². The zero-order chi connectivity index (χ0) is 27.7. The summed E-state index contributed by atoms with van der Waals surface area (Å²) in [6, 6.07) is 1.51. The van der Waals surface area contributed by atoms with Crippen molar-refractivity contribution < 1.29 is 41.0 Å². The Morgan fingerprint density at radius 2 is 1.81 bits per heavy atom. The fourth-order valence-electron chi connectivity index (χ4n) is 3.84. The van der Waals surface area contributed by atoms with E-state index in [4.69, 9.17) is 9.47 Å². The second-order valence-electron chi connectivity index (χ2n) is 9.71. The molecule has 1 N–H and O–H groups in total. The second-order valence-corrected chi connectivity index (χ2v) is 9.71. The number of aryl methyl sites for hydroxylation is 1. The number of carbonyl (C=O) groups excluding carboxylic acids is 1. The summed E-state index contributed by atoms with van der Waals surface area (Å²) in [6.07, 6.45) is -5.71. The molecule has 3 atom stereocenters. The molecule has 0 bridgehead atoms. The second kappa shape index (κ2) is 10.6. The zero-order valence-electron chi connectivity index (χ0n) is 21.2. The van der Waals surface area contributed by atoms with Crippen molar-refractivity contribution >= 4 is 17.9 Å². The molecule has 3 rings (SSSR count). The Morgan fingerprint density at radius 1 is 1.14 bits per heavy atom. The van der Waals surface area contributed by atoms with Crippen molar-refractivity contribution in [2.45, 2.75) is 71.5 Å². The monoisotopic (exact) mass is 532 g/mol.